The van der Waals surface area contributed by atoms with E-state index in [4.69, 9.17) is 0 Å². The highest BCUT2D eigenvalue weighted by molar-refractivity contribution is 7.92. The first-order valence-electron chi connectivity index (χ1n) is 10.1. The molecule has 1 fully saturated rings. The molecule has 1 atom stereocenters. The minimum atomic E-state index is -4.34. The summed E-state index contributed by atoms with van der Waals surface area (Å²) in [6.45, 7) is 1.56. The fourth-order valence-electron chi connectivity index (χ4n) is 3.65. The van der Waals surface area contributed by atoms with E-state index >= 15 is 0 Å². The first-order chi connectivity index (χ1) is 14.6. The number of alkyl halides is 3. The number of benzene rings is 2. The van der Waals surface area contributed by atoms with Gasteiger partial charge in [0.15, 0.2) is 0 Å². The van der Waals surface area contributed by atoms with E-state index in [1.807, 2.05) is 6.92 Å². The summed E-state index contributed by atoms with van der Waals surface area (Å²) in [5, 5.41) is 0. The summed E-state index contributed by atoms with van der Waals surface area (Å²) >= 11 is 0. The van der Waals surface area contributed by atoms with Gasteiger partial charge < -0.3 is 4.90 Å². The summed E-state index contributed by atoms with van der Waals surface area (Å²) in [7, 11) is -3.95. The van der Waals surface area contributed by atoms with Crippen molar-refractivity contribution in [2.75, 3.05) is 23.9 Å². The first-order valence-corrected chi connectivity index (χ1v) is 11.5. The number of hydrogen-bond donors (Lipinski definition) is 0. The van der Waals surface area contributed by atoms with Crippen LogP contribution in [0.5, 0.6) is 0 Å². The Morgan fingerprint density at radius 3 is 2.35 bits per heavy atom. The highest BCUT2D eigenvalue weighted by atomic mass is 32.2. The number of anilines is 1. The number of carbonyl (C=O) groups excluding carboxylic acids is 1. The molecule has 9 heteroatoms. The molecule has 1 unspecified atom stereocenters. The lowest BCUT2D eigenvalue weighted by Gasteiger charge is -2.34. The molecular weight excluding hydrogens is 429 g/mol. The monoisotopic (exact) mass is 454 g/mol. The van der Waals surface area contributed by atoms with Crippen LogP contribution in [0.25, 0.3) is 0 Å². The molecule has 1 amide bonds. The van der Waals surface area contributed by atoms with E-state index in [2.05, 4.69) is 0 Å². The third kappa shape index (κ3) is 5.58. The van der Waals surface area contributed by atoms with Crippen molar-refractivity contribution >= 4 is 21.6 Å². The average molecular weight is 455 g/mol. The molecule has 0 aromatic heterocycles. The Labute approximate surface area is 180 Å². The van der Waals surface area contributed by atoms with Gasteiger partial charge in [0, 0.05) is 26.1 Å². The van der Waals surface area contributed by atoms with E-state index < -0.39 is 28.0 Å². The van der Waals surface area contributed by atoms with E-state index in [1.165, 1.54) is 17.0 Å². The van der Waals surface area contributed by atoms with E-state index in [1.54, 1.807) is 42.5 Å². The van der Waals surface area contributed by atoms with Gasteiger partial charge in [-0.25, -0.2) is 8.42 Å². The molecule has 0 saturated carbocycles. The van der Waals surface area contributed by atoms with Crippen molar-refractivity contribution in [3.63, 3.8) is 0 Å². The number of likely N-dealkylation sites (tertiary alicyclic amines) is 1. The van der Waals surface area contributed by atoms with Gasteiger partial charge in [-0.05, 0) is 44.0 Å². The molecule has 0 N–H and O–H groups in total. The maximum atomic E-state index is 13.3. The number of rotatable bonds is 6. The fraction of sp³-hybridized carbons (Fsp3) is 0.409. The summed E-state index contributed by atoms with van der Waals surface area (Å²) < 4.78 is 66.9. The van der Waals surface area contributed by atoms with Gasteiger partial charge in [0.1, 0.15) is 0 Å². The van der Waals surface area contributed by atoms with Crippen molar-refractivity contribution in [3.8, 4) is 0 Å². The van der Waals surface area contributed by atoms with Crippen molar-refractivity contribution in [2.45, 2.75) is 37.3 Å². The molecule has 5 nitrogen and oxygen atoms in total. The Bertz CT molecular complexity index is 993. The minimum absolute atomic E-state index is 0.00518. The molecule has 2 aromatic carbocycles. The van der Waals surface area contributed by atoms with Crippen LogP contribution in [0.3, 0.4) is 0 Å². The van der Waals surface area contributed by atoms with Gasteiger partial charge in [-0.2, -0.15) is 13.2 Å². The highest BCUT2D eigenvalue weighted by Crippen LogP contribution is 2.33. The predicted molar refractivity (Wildman–Crippen MR) is 112 cm³/mol. The number of sulfonamides is 1. The van der Waals surface area contributed by atoms with E-state index in [-0.39, 0.29) is 43.8 Å². The number of aryl methyl sites for hydroxylation is 1. The van der Waals surface area contributed by atoms with Crippen molar-refractivity contribution in [2.24, 2.45) is 5.92 Å². The molecule has 168 valence electrons. The van der Waals surface area contributed by atoms with E-state index in [0.717, 1.165) is 9.87 Å². The molecule has 0 radical (unpaired) electrons. The number of piperidine rings is 1. The smallest absolute Gasteiger partial charge is 0.342 e. The summed E-state index contributed by atoms with van der Waals surface area (Å²) in [6.07, 6.45) is -4.26. The fourth-order valence-corrected chi connectivity index (χ4v) is 5.11. The largest absolute Gasteiger partial charge is 0.393 e. The topological polar surface area (TPSA) is 57.7 Å². The highest BCUT2D eigenvalue weighted by Gasteiger charge is 2.42. The third-order valence-electron chi connectivity index (χ3n) is 5.42. The van der Waals surface area contributed by atoms with Crippen molar-refractivity contribution in [1.29, 1.82) is 0 Å². The van der Waals surface area contributed by atoms with Crippen molar-refractivity contribution < 1.29 is 26.4 Å². The molecule has 1 aliphatic heterocycles. The number of hydrogen-bond acceptors (Lipinski definition) is 3. The Balaban J connectivity index is 1.79. The van der Waals surface area contributed by atoms with Crippen LogP contribution in [-0.2, 0) is 14.8 Å². The number of carbonyl (C=O) groups is 1. The molecule has 2 aromatic rings. The van der Waals surface area contributed by atoms with Crippen LogP contribution in [0.2, 0.25) is 0 Å². The van der Waals surface area contributed by atoms with Gasteiger partial charge in [0.25, 0.3) is 10.0 Å². The van der Waals surface area contributed by atoms with Crippen LogP contribution >= 0.6 is 0 Å². The maximum absolute atomic E-state index is 13.3. The molecule has 3 rings (SSSR count). The van der Waals surface area contributed by atoms with E-state index in [0.29, 0.717) is 5.69 Å². The molecule has 0 aliphatic carbocycles. The summed E-state index contributed by atoms with van der Waals surface area (Å²) in [5.41, 5.74) is 1.30. The minimum Gasteiger partial charge on any atom is -0.342 e. The lowest BCUT2D eigenvalue weighted by molar-refractivity contribution is -0.188. The SMILES string of the molecule is Cc1ccc(S(=O)(=O)N(CCC(=O)N2CCCC(C(F)(F)F)C2)c2ccccc2)cc1. The summed E-state index contributed by atoms with van der Waals surface area (Å²) in [6, 6.07) is 14.7. The van der Waals surface area contributed by atoms with Gasteiger partial charge in [-0.15, -0.1) is 0 Å². The second-order valence-corrected chi connectivity index (χ2v) is 9.56. The molecular formula is C22H25F3N2O3S. The predicted octanol–water partition coefficient (Wildman–Crippen LogP) is 4.38. The van der Waals surface area contributed by atoms with Crippen molar-refractivity contribution in [3.05, 3.63) is 60.2 Å². The van der Waals surface area contributed by atoms with Crippen LogP contribution in [0.4, 0.5) is 18.9 Å². The molecule has 1 saturated heterocycles. The van der Waals surface area contributed by atoms with Crippen LogP contribution in [-0.4, -0.2) is 45.0 Å². The zero-order valence-corrected chi connectivity index (χ0v) is 18.0. The molecule has 31 heavy (non-hydrogen) atoms. The molecule has 1 heterocycles. The van der Waals surface area contributed by atoms with Gasteiger partial charge in [-0.1, -0.05) is 35.9 Å². The lowest BCUT2D eigenvalue weighted by Crippen LogP contribution is -2.45. The summed E-state index contributed by atoms with van der Waals surface area (Å²) in [5.74, 6) is -2.01. The number of amides is 1. The molecule has 1 aliphatic rings. The second kappa shape index (κ2) is 9.30. The molecule has 0 bridgehead atoms. The van der Waals surface area contributed by atoms with Gasteiger partial charge in [0.2, 0.25) is 5.91 Å². The van der Waals surface area contributed by atoms with Crippen LogP contribution in [0, 0.1) is 12.8 Å². The standard InChI is InChI=1S/C22H25F3N2O3S/c1-17-9-11-20(12-10-17)31(29,30)27(19-7-3-2-4-8-19)15-13-21(28)26-14-5-6-18(16-26)22(23,24)25/h2-4,7-12,18H,5-6,13-16H2,1H3. The normalized spacial score (nSPS) is 17.4. The first kappa shape index (κ1) is 23.1. The lowest BCUT2D eigenvalue weighted by atomic mass is 9.97. The Morgan fingerprint density at radius 1 is 1.10 bits per heavy atom. The Kier molecular flexibility index (Phi) is 6.93. The van der Waals surface area contributed by atoms with E-state index in [9.17, 15) is 26.4 Å². The maximum Gasteiger partial charge on any atom is 0.393 e. The Hall–Kier alpha value is -2.55. The third-order valence-corrected chi connectivity index (χ3v) is 7.26. The van der Waals surface area contributed by atoms with Crippen LogP contribution < -0.4 is 4.31 Å². The molecule has 0 spiro atoms. The van der Waals surface area contributed by atoms with Gasteiger partial charge in [0.05, 0.1) is 16.5 Å². The van der Waals surface area contributed by atoms with Crippen molar-refractivity contribution in [1.82, 2.24) is 4.90 Å². The number of nitrogens with zero attached hydrogens (tertiary/aromatic N) is 2. The average Bonchev–Trinajstić information content (AvgIpc) is 2.74. The zero-order valence-electron chi connectivity index (χ0n) is 17.2. The van der Waals surface area contributed by atoms with Crippen LogP contribution in [0.15, 0.2) is 59.5 Å². The quantitative estimate of drug-likeness (QED) is 0.651. The number of halogens is 3. The number of para-hydroxylation sites is 1. The summed E-state index contributed by atoms with van der Waals surface area (Å²) in [4.78, 5) is 13.9. The van der Waals surface area contributed by atoms with Gasteiger partial charge in [-0.3, -0.25) is 9.10 Å². The zero-order chi connectivity index (χ0) is 22.6. The second-order valence-electron chi connectivity index (χ2n) is 7.70. The Morgan fingerprint density at radius 2 is 1.74 bits per heavy atom. The van der Waals surface area contributed by atoms with Gasteiger partial charge >= 0.3 is 6.18 Å². The van der Waals surface area contributed by atoms with Crippen LogP contribution in [0.1, 0.15) is 24.8 Å².